The number of carbonyl (C=O) groups excluding carboxylic acids is 1. The maximum absolute atomic E-state index is 11.8. The van der Waals surface area contributed by atoms with E-state index in [9.17, 15) is 9.59 Å². The highest BCUT2D eigenvalue weighted by Crippen LogP contribution is 2.13. The third kappa shape index (κ3) is 3.82. The van der Waals surface area contributed by atoms with Crippen LogP contribution in [0.15, 0.2) is 34.9 Å². The average molecular weight is 289 g/mol. The molecular weight excluding hydrogens is 274 g/mol. The number of oxazole rings is 1. The second-order valence-electron chi connectivity index (χ2n) is 4.51. The summed E-state index contributed by atoms with van der Waals surface area (Å²) in [6, 6.07) is 5.06. The fourth-order valence-corrected chi connectivity index (χ4v) is 1.69. The highest BCUT2D eigenvalue weighted by Gasteiger charge is 2.14. The number of aryl methyl sites for hydroxylation is 1. The van der Waals surface area contributed by atoms with Crippen molar-refractivity contribution in [3.63, 3.8) is 0 Å². The molecule has 1 heterocycles. The zero-order valence-electron chi connectivity index (χ0n) is 11.6. The molecule has 21 heavy (non-hydrogen) atoms. The molecule has 1 atom stereocenters. The number of anilines is 1. The standard InChI is InChI=1S/C14H15N3O4/c1-8-7-15-12(21-8)9(2)16-14(20)17-11-5-3-10(4-6-11)13(18)19/h3-7,9H,1-2H3,(H,18,19)(H2,16,17,20). The molecule has 0 fully saturated rings. The van der Waals surface area contributed by atoms with Crippen molar-refractivity contribution in [1.29, 1.82) is 0 Å². The van der Waals surface area contributed by atoms with E-state index in [-0.39, 0.29) is 11.6 Å². The Morgan fingerprint density at radius 2 is 1.95 bits per heavy atom. The third-order valence-corrected chi connectivity index (χ3v) is 2.75. The normalized spacial score (nSPS) is 11.7. The first-order chi connectivity index (χ1) is 9.95. The van der Waals surface area contributed by atoms with Crippen LogP contribution in [0.1, 0.15) is 35.0 Å². The SMILES string of the molecule is Cc1cnc(C(C)NC(=O)Nc2ccc(C(=O)O)cc2)o1. The number of amides is 2. The highest BCUT2D eigenvalue weighted by atomic mass is 16.4. The summed E-state index contributed by atoms with van der Waals surface area (Å²) in [6.45, 7) is 3.52. The van der Waals surface area contributed by atoms with Gasteiger partial charge in [-0.15, -0.1) is 0 Å². The minimum absolute atomic E-state index is 0.157. The smallest absolute Gasteiger partial charge is 0.335 e. The second kappa shape index (κ2) is 6.08. The lowest BCUT2D eigenvalue weighted by molar-refractivity contribution is 0.0697. The minimum atomic E-state index is -1.01. The molecule has 0 radical (unpaired) electrons. The molecule has 0 saturated heterocycles. The van der Waals surface area contributed by atoms with Gasteiger partial charge in [0.05, 0.1) is 11.8 Å². The monoisotopic (exact) mass is 289 g/mol. The van der Waals surface area contributed by atoms with E-state index in [2.05, 4.69) is 15.6 Å². The summed E-state index contributed by atoms with van der Waals surface area (Å²) in [5.74, 6) is 0.0751. The number of nitrogens with one attached hydrogen (secondary N) is 2. The van der Waals surface area contributed by atoms with Crippen molar-refractivity contribution >= 4 is 17.7 Å². The molecule has 0 bridgehead atoms. The van der Waals surface area contributed by atoms with Crippen LogP contribution in [0, 0.1) is 6.92 Å². The molecule has 0 aliphatic carbocycles. The number of rotatable bonds is 4. The molecule has 7 heteroatoms. The van der Waals surface area contributed by atoms with E-state index in [0.29, 0.717) is 17.3 Å². The Morgan fingerprint density at radius 3 is 2.48 bits per heavy atom. The first-order valence-corrected chi connectivity index (χ1v) is 6.29. The maximum atomic E-state index is 11.8. The molecule has 0 aliphatic rings. The summed E-state index contributed by atoms with van der Waals surface area (Å²) in [4.78, 5) is 26.6. The van der Waals surface area contributed by atoms with Crippen LogP contribution in [0.3, 0.4) is 0 Å². The van der Waals surface area contributed by atoms with Gasteiger partial charge in [0.2, 0.25) is 5.89 Å². The predicted molar refractivity (Wildman–Crippen MR) is 75.2 cm³/mol. The van der Waals surface area contributed by atoms with Crippen molar-refractivity contribution in [2.45, 2.75) is 19.9 Å². The van der Waals surface area contributed by atoms with Crippen LogP contribution in [0.25, 0.3) is 0 Å². The largest absolute Gasteiger partial charge is 0.478 e. The fourth-order valence-electron chi connectivity index (χ4n) is 1.69. The van der Waals surface area contributed by atoms with Gasteiger partial charge in [0.25, 0.3) is 0 Å². The number of carboxylic acid groups (broad SMARTS) is 1. The lowest BCUT2D eigenvalue weighted by Gasteiger charge is -2.11. The second-order valence-corrected chi connectivity index (χ2v) is 4.51. The zero-order valence-corrected chi connectivity index (χ0v) is 11.6. The van der Waals surface area contributed by atoms with Gasteiger partial charge in [0.1, 0.15) is 11.8 Å². The Hall–Kier alpha value is -2.83. The van der Waals surface area contributed by atoms with Crippen LogP contribution < -0.4 is 10.6 Å². The van der Waals surface area contributed by atoms with E-state index in [1.807, 2.05) is 0 Å². The summed E-state index contributed by atoms with van der Waals surface area (Å²) in [7, 11) is 0. The van der Waals surface area contributed by atoms with Gasteiger partial charge in [-0.05, 0) is 38.1 Å². The molecule has 7 nitrogen and oxygen atoms in total. The van der Waals surface area contributed by atoms with Gasteiger partial charge in [-0.3, -0.25) is 0 Å². The number of aromatic carboxylic acids is 1. The number of benzene rings is 1. The van der Waals surface area contributed by atoms with Crippen molar-refractivity contribution in [2.24, 2.45) is 0 Å². The summed E-state index contributed by atoms with van der Waals surface area (Å²) >= 11 is 0. The lowest BCUT2D eigenvalue weighted by atomic mass is 10.2. The van der Waals surface area contributed by atoms with E-state index >= 15 is 0 Å². The molecule has 3 N–H and O–H groups in total. The van der Waals surface area contributed by atoms with Gasteiger partial charge in [0, 0.05) is 5.69 Å². The Labute approximate surface area is 121 Å². The van der Waals surface area contributed by atoms with E-state index in [4.69, 9.17) is 9.52 Å². The minimum Gasteiger partial charge on any atom is -0.478 e. The predicted octanol–water partition coefficient (Wildman–Crippen LogP) is 2.56. The fraction of sp³-hybridized carbons (Fsp3) is 0.214. The van der Waals surface area contributed by atoms with Gasteiger partial charge < -0.3 is 20.2 Å². The topological polar surface area (TPSA) is 104 Å². The molecule has 1 unspecified atom stereocenters. The number of carbonyl (C=O) groups is 2. The van der Waals surface area contributed by atoms with Gasteiger partial charge in [-0.1, -0.05) is 0 Å². The van der Waals surface area contributed by atoms with Crippen molar-refractivity contribution in [2.75, 3.05) is 5.32 Å². The molecule has 2 amide bonds. The van der Waals surface area contributed by atoms with Gasteiger partial charge in [0.15, 0.2) is 0 Å². The Kier molecular flexibility index (Phi) is 4.22. The molecule has 1 aromatic heterocycles. The molecule has 0 aliphatic heterocycles. The molecule has 2 aromatic rings. The van der Waals surface area contributed by atoms with Gasteiger partial charge in [-0.25, -0.2) is 14.6 Å². The molecule has 110 valence electrons. The Bertz CT molecular complexity index is 648. The molecular formula is C14H15N3O4. The Morgan fingerprint density at radius 1 is 1.29 bits per heavy atom. The molecule has 1 aromatic carbocycles. The quantitative estimate of drug-likeness (QED) is 0.802. The van der Waals surface area contributed by atoms with Crippen molar-refractivity contribution in [3.05, 3.63) is 47.7 Å². The lowest BCUT2D eigenvalue weighted by Crippen LogP contribution is -2.31. The maximum Gasteiger partial charge on any atom is 0.335 e. The van der Waals surface area contributed by atoms with Crippen LogP contribution >= 0.6 is 0 Å². The summed E-state index contributed by atoms with van der Waals surface area (Å²) < 4.78 is 5.32. The average Bonchev–Trinajstić information content (AvgIpc) is 2.86. The van der Waals surface area contributed by atoms with Crippen molar-refractivity contribution in [1.82, 2.24) is 10.3 Å². The van der Waals surface area contributed by atoms with E-state index in [1.54, 1.807) is 20.0 Å². The number of aromatic nitrogens is 1. The number of nitrogens with zero attached hydrogens (tertiary/aromatic N) is 1. The number of carboxylic acids is 1. The van der Waals surface area contributed by atoms with E-state index in [1.165, 1.54) is 24.3 Å². The highest BCUT2D eigenvalue weighted by molar-refractivity contribution is 5.91. The number of hydrogen-bond acceptors (Lipinski definition) is 4. The third-order valence-electron chi connectivity index (χ3n) is 2.75. The van der Waals surface area contributed by atoms with Gasteiger partial charge >= 0.3 is 12.0 Å². The van der Waals surface area contributed by atoms with Crippen LogP contribution in [0.4, 0.5) is 10.5 Å². The Balaban J connectivity index is 1.93. The number of hydrogen-bond donors (Lipinski definition) is 3. The van der Waals surface area contributed by atoms with Crippen LogP contribution in [0.5, 0.6) is 0 Å². The van der Waals surface area contributed by atoms with Crippen molar-refractivity contribution < 1.29 is 19.1 Å². The van der Waals surface area contributed by atoms with E-state index < -0.39 is 12.0 Å². The van der Waals surface area contributed by atoms with Gasteiger partial charge in [-0.2, -0.15) is 0 Å². The molecule has 2 rings (SSSR count). The van der Waals surface area contributed by atoms with E-state index in [0.717, 1.165) is 0 Å². The van der Waals surface area contributed by atoms with Crippen LogP contribution in [-0.4, -0.2) is 22.1 Å². The molecule has 0 spiro atoms. The summed E-state index contributed by atoms with van der Waals surface area (Å²) in [5, 5.41) is 14.1. The number of urea groups is 1. The first-order valence-electron chi connectivity index (χ1n) is 6.29. The van der Waals surface area contributed by atoms with Crippen LogP contribution in [-0.2, 0) is 0 Å². The van der Waals surface area contributed by atoms with Crippen LogP contribution in [0.2, 0.25) is 0 Å². The van der Waals surface area contributed by atoms with Crippen molar-refractivity contribution in [3.8, 4) is 0 Å². The first kappa shape index (κ1) is 14.6. The zero-order chi connectivity index (χ0) is 15.4. The summed E-state index contributed by atoms with van der Waals surface area (Å²) in [6.07, 6.45) is 1.58. The summed E-state index contributed by atoms with van der Waals surface area (Å²) in [5.41, 5.74) is 0.651. The molecule has 0 saturated carbocycles.